The van der Waals surface area contributed by atoms with Gasteiger partial charge in [0.15, 0.2) is 5.82 Å². The van der Waals surface area contributed by atoms with Crippen molar-refractivity contribution in [2.24, 2.45) is 5.73 Å². The van der Waals surface area contributed by atoms with Crippen molar-refractivity contribution < 1.29 is 9.26 Å². The fraction of sp³-hybridized carbons (Fsp3) is 0.800. The first kappa shape index (κ1) is 10.6. The lowest BCUT2D eigenvalue weighted by atomic mass is 10.00. The van der Waals surface area contributed by atoms with E-state index in [9.17, 15) is 0 Å². The minimum atomic E-state index is -0.176. The van der Waals surface area contributed by atoms with Crippen LogP contribution in [0.1, 0.15) is 50.4 Å². The van der Waals surface area contributed by atoms with Crippen LogP contribution in [0, 0.1) is 0 Å². The Balaban J connectivity index is 2.14. The zero-order chi connectivity index (χ0) is 10.8. The van der Waals surface area contributed by atoms with Crippen LogP contribution < -0.4 is 5.73 Å². The largest absolute Gasteiger partial charge is 0.377 e. The molecule has 2 rings (SSSR count). The van der Waals surface area contributed by atoms with Gasteiger partial charge in [0.1, 0.15) is 0 Å². The molecular formula is C10H17N3O2. The second kappa shape index (κ2) is 4.28. The number of hydrogen-bond acceptors (Lipinski definition) is 5. The van der Waals surface area contributed by atoms with Gasteiger partial charge in [-0.15, -0.1) is 0 Å². The van der Waals surface area contributed by atoms with E-state index in [1.54, 1.807) is 0 Å². The Kier molecular flexibility index (Phi) is 3.02. The van der Waals surface area contributed by atoms with Gasteiger partial charge < -0.3 is 15.0 Å². The molecule has 1 fully saturated rings. The summed E-state index contributed by atoms with van der Waals surface area (Å²) in [5.74, 6) is 1.49. The van der Waals surface area contributed by atoms with Crippen molar-refractivity contribution in [3.63, 3.8) is 0 Å². The zero-order valence-electron chi connectivity index (χ0n) is 9.14. The molecule has 2 N–H and O–H groups in total. The van der Waals surface area contributed by atoms with Crippen molar-refractivity contribution in [3.05, 3.63) is 11.7 Å². The average molecular weight is 211 g/mol. The summed E-state index contributed by atoms with van der Waals surface area (Å²) in [4.78, 5) is 4.31. The van der Waals surface area contributed by atoms with E-state index in [0.717, 1.165) is 19.4 Å². The Labute approximate surface area is 89.0 Å². The van der Waals surface area contributed by atoms with Gasteiger partial charge in [-0.1, -0.05) is 12.1 Å². The van der Waals surface area contributed by atoms with E-state index in [2.05, 4.69) is 17.1 Å². The summed E-state index contributed by atoms with van der Waals surface area (Å²) in [7, 11) is 0. The first-order valence-electron chi connectivity index (χ1n) is 5.43. The summed E-state index contributed by atoms with van der Waals surface area (Å²) in [6.45, 7) is 4.72. The maximum atomic E-state index is 5.68. The monoisotopic (exact) mass is 211 g/mol. The lowest BCUT2D eigenvalue weighted by Gasteiger charge is -2.11. The molecule has 3 atom stereocenters. The van der Waals surface area contributed by atoms with Crippen molar-refractivity contribution in [2.75, 3.05) is 6.61 Å². The second-order valence-electron chi connectivity index (χ2n) is 3.99. The van der Waals surface area contributed by atoms with E-state index in [0.29, 0.717) is 11.7 Å². The van der Waals surface area contributed by atoms with Crippen LogP contribution in [0.5, 0.6) is 0 Å². The van der Waals surface area contributed by atoms with Crippen LogP contribution in [0.4, 0.5) is 0 Å². The molecule has 1 aromatic rings. The third kappa shape index (κ3) is 2.03. The van der Waals surface area contributed by atoms with E-state index in [-0.39, 0.29) is 18.1 Å². The normalized spacial score (nSPS) is 28.2. The summed E-state index contributed by atoms with van der Waals surface area (Å²) in [5.41, 5.74) is 5.68. The zero-order valence-corrected chi connectivity index (χ0v) is 9.14. The van der Waals surface area contributed by atoms with Crippen LogP contribution in [0.2, 0.25) is 0 Å². The molecule has 0 spiro atoms. The summed E-state index contributed by atoms with van der Waals surface area (Å²) in [5, 5.41) is 3.86. The average Bonchev–Trinajstić information content (AvgIpc) is 2.85. The molecule has 1 aliphatic rings. The number of hydrogen-bond donors (Lipinski definition) is 1. The maximum Gasteiger partial charge on any atom is 0.232 e. The van der Waals surface area contributed by atoms with E-state index in [1.807, 2.05) is 6.92 Å². The predicted molar refractivity (Wildman–Crippen MR) is 54.3 cm³/mol. The fourth-order valence-electron chi connectivity index (χ4n) is 1.92. The molecule has 1 saturated heterocycles. The van der Waals surface area contributed by atoms with Crippen LogP contribution in [0.25, 0.3) is 0 Å². The van der Waals surface area contributed by atoms with Gasteiger partial charge in [0.05, 0.1) is 18.1 Å². The molecule has 0 radical (unpaired) electrons. The van der Waals surface area contributed by atoms with Gasteiger partial charge in [-0.25, -0.2) is 0 Å². The van der Waals surface area contributed by atoms with Crippen LogP contribution in [0.3, 0.4) is 0 Å². The number of nitrogens with two attached hydrogens (primary N) is 1. The van der Waals surface area contributed by atoms with Gasteiger partial charge in [0.25, 0.3) is 0 Å². The van der Waals surface area contributed by atoms with Gasteiger partial charge in [-0.3, -0.25) is 0 Å². The molecule has 3 unspecified atom stereocenters. The van der Waals surface area contributed by atoms with Crippen molar-refractivity contribution in [3.8, 4) is 0 Å². The lowest BCUT2D eigenvalue weighted by Crippen LogP contribution is -2.13. The molecule has 15 heavy (non-hydrogen) atoms. The van der Waals surface area contributed by atoms with Gasteiger partial charge in [0, 0.05) is 6.61 Å². The van der Waals surface area contributed by atoms with E-state index < -0.39 is 0 Å². The van der Waals surface area contributed by atoms with Crippen molar-refractivity contribution in [1.82, 2.24) is 10.1 Å². The van der Waals surface area contributed by atoms with E-state index in [1.165, 1.54) is 0 Å². The predicted octanol–water partition coefficient (Wildman–Crippen LogP) is 1.37. The third-order valence-electron chi connectivity index (χ3n) is 2.79. The highest BCUT2D eigenvalue weighted by Crippen LogP contribution is 2.32. The SMILES string of the molecule is CCC1OCCC1c1nc(C(C)N)no1. The number of rotatable bonds is 3. The molecular weight excluding hydrogens is 194 g/mol. The first-order chi connectivity index (χ1) is 7.22. The van der Waals surface area contributed by atoms with Crippen LogP contribution >= 0.6 is 0 Å². The Bertz CT molecular complexity index is 324. The maximum absolute atomic E-state index is 5.68. The molecule has 1 aliphatic heterocycles. The topological polar surface area (TPSA) is 74.2 Å². The molecule has 0 aromatic carbocycles. The highest BCUT2D eigenvalue weighted by Gasteiger charge is 2.32. The smallest absolute Gasteiger partial charge is 0.232 e. The quantitative estimate of drug-likeness (QED) is 0.817. The standard InChI is InChI=1S/C10H17N3O2/c1-3-8-7(4-5-14-8)10-12-9(6(2)11)13-15-10/h6-8H,3-5,11H2,1-2H3. The third-order valence-corrected chi connectivity index (χ3v) is 2.79. The van der Waals surface area contributed by atoms with E-state index in [4.69, 9.17) is 15.0 Å². The van der Waals surface area contributed by atoms with Crippen LogP contribution in [-0.2, 0) is 4.74 Å². The van der Waals surface area contributed by atoms with E-state index >= 15 is 0 Å². The molecule has 0 aliphatic carbocycles. The Hall–Kier alpha value is -0.940. The van der Waals surface area contributed by atoms with Crippen molar-refractivity contribution >= 4 is 0 Å². The fourth-order valence-corrected chi connectivity index (χ4v) is 1.92. The number of aromatic nitrogens is 2. The summed E-state index contributed by atoms with van der Waals surface area (Å²) in [6.07, 6.45) is 2.14. The molecule has 1 aromatic heterocycles. The molecule has 0 bridgehead atoms. The lowest BCUT2D eigenvalue weighted by molar-refractivity contribution is 0.0953. The number of nitrogens with zero attached hydrogens (tertiary/aromatic N) is 2. The van der Waals surface area contributed by atoms with Crippen LogP contribution in [0.15, 0.2) is 4.52 Å². The minimum absolute atomic E-state index is 0.176. The molecule has 0 saturated carbocycles. The van der Waals surface area contributed by atoms with Gasteiger partial charge >= 0.3 is 0 Å². The Morgan fingerprint density at radius 3 is 3.00 bits per heavy atom. The summed E-state index contributed by atoms with van der Waals surface area (Å²) in [6, 6.07) is -0.176. The van der Waals surface area contributed by atoms with Gasteiger partial charge in [-0.05, 0) is 19.8 Å². The van der Waals surface area contributed by atoms with Gasteiger partial charge in [0.2, 0.25) is 5.89 Å². The highest BCUT2D eigenvalue weighted by molar-refractivity contribution is 5.01. The highest BCUT2D eigenvalue weighted by atomic mass is 16.5. The molecule has 5 nitrogen and oxygen atoms in total. The van der Waals surface area contributed by atoms with Crippen LogP contribution in [-0.4, -0.2) is 22.9 Å². The second-order valence-corrected chi connectivity index (χ2v) is 3.99. The summed E-state index contributed by atoms with van der Waals surface area (Å²) < 4.78 is 10.8. The van der Waals surface area contributed by atoms with Crippen molar-refractivity contribution in [2.45, 2.75) is 44.8 Å². The number of ether oxygens (including phenoxy) is 1. The molecule has 0 amide bonds. The minimum Gasteiger partial charge on any atom is -0.377 e. The Morgan fingerprint density at radius 2 is 2.40 bits per heavy atom. The first-order valence-corrected chi connectivity index (χ1v) is 5.43. The molecule has 5 heteroatoms. The molecule has 84 valence electrons. The van der Waals surface area contributed by atoms with Gasteiger partial charge in [-0.2, -0.15) is 4.98 Å². The molecule has 2 heterocycles. The Morgan fingerprint density at radius 1 is 1.60 bits per heavy atom. The summed E-state index contributed by atoms with van der Waals surface area (Å²) >= 11 is 0. The van der Waals surface area contributed by atoms with Crippen molar-refractivity contribution in [1.29, 1.82) is 0 Å².